The smallest absolute Gasteiger partial charge is 0.233 e. The van der Waals surface area contributed by atoms with Gasteiger partial charge in [0.05, 0.1) is 12.3 Å². The van der Waals surface area contributed by atoms with Gasteiger partial charge in [-0.15, -0.1) is 10.2 Å². The number of rotatable bonds is 9. The first kappa shape index (κ1) is 23.5. The molecule has 0 radical (unpaired) electrons. The lowest BCUT2D eigenvalue weighted by molar-refractivity contribution is -0.130. The molecule has 0 atom stereocenters. The van der Waals surface area contributed by atoms with Gasteiger partial charge in [0.15, 0.2) is 11.0 Å². The number of hydrogen-bond acceptors (Lipinski definition) is 5. The Morgan fingerprint density at radius 1 is 0.970 bits per heavy atom. The van der Waals surface area contributed by atoms with Gasteiger partial charge in [-0.05, 0) is 57.5 Å². The summed E-state index contributed by atoms with van der Waals surface area (Å²) in [6.45, 7) is 7.73. The number of benzene rings is 2. The fraction of sp³-hybridized carbons (Fsp3) is 0.423. The van der Waals surface area contributed by atoms with E-state index in [0.717, 1.165) is 41.9 Å². The van der Waals surface area contributed by atoms with Crippen molar-refractivity contribution in [1.29, 1.82) is 0 Å². The summed E-state index contributed by atoms with van der Waals surface area (Å²) >= 11 is 1.47. The number of thioether (sulfide) groups is 1. The summed E-state index contributed by atoms with van der Waals surface area (Å²) in [5.74, 6) is 1.38. The van der Waals surface area contributed by atoms with Crippen molar-refractivity contribution < 1.29 is 4.79 Å². The third kappa shape index (κ3) is 6.24. The van der Waals surface area contributed by atoms with Crippen LogP contribution in [-0.2, 0) is 17.9 Å². The van der Waals surface area contributed by atoms with E-state index in [2.05, 4.69) is 57.8 Å². The van der Waals surface area contributed by atoms with Crippen molar-refractivity contribution in [1.82, 2.24) is 24.6 Å². The predicted molar refractivity (Wildman–Crippen MR) is 133 cm³/mol. The Labute approximate surface area is 201 Å². The van der Waals surface area contributed by atoms with Crippen LogP contribution in [0.2, 0.25) is 0 Å². The molecule has 3 aromatic rings. The van der Waals surface area contributed by atoms with Crippen LogP contribution in [-0.4, -0.2) is 55.4 Å². The van der Waals surface area contributed by atoms with Crippen LogP contribution in [0.15, 0.2) is 65.8 Å². The summed E-state index contributed by atoms with van der Waals surface area (Å²) in [6, 6.07) is 20.5. The molecule has 2 heterocycles. The summed E-state index contributed by atoms with van der Waals surface area (Å²) in [4.78, 5) is 17.6. The molecule has 1 saturated heterocycles. The molecule has 0 bridgehead atoms. The molecule has 1 aromatic heterocycles. The highest BCUT2D eigenvalue weighted by molar-refractivity contribution is 7.99. The summed E-state index contributed by atoms with van der Waals surface area (Å²) in [7, 11) is 0. The second kappa shape index (κ2) is 11.5. The van der Waals surface area contributed by atoms with E-state index in [-0.39, 0.29) is 11.9 Å². The van der Waals surface area contributed by atoms with Crippen LogP contribution in [0.5, 0.6) is 0 Å². The van der Waals surface area contributed by atoms with Gasteiger partial charge in [-0.1, -0.05) is 66.7 Å². The third-order valence-electron chi connectivity index (χ3n) is 5.99. The molecule has 0 spiro atoms. The highest BCUT2D eigenvalue weighted by Crippen LogP contribution is 2.24. The Hall–Kier alpha value is -2.64. The average molecular weight is 464 g/mol. The number of likely N-dealkylation sites (tertiary alicyclic amines) is 1. The van der Waals surface area contributed by atoms with E-state index >= 15 is 0 Å². The van der Waals surface area contributed by atoms with Gasteiger partial charge in [0.2, 0.25) is 5.91 Å². The number of carbonyl (C=O) groups excluding carboxylic acids is 1. The zero-order valence-corrected chi connectivity index (χ0v) is 20.4. The largest absolute Gasteiger partial charge is 0.335 e. The van der Waals surface area contributed by atoms with E-state index in [4.69, 9.17) is 0 Å². The maximum Gasteiger partial charge on any atom is 0.233 e. The maximum absolute atomic E-state index is 13.2. The molecule has 1 amide bonds. The molecule has 33 heavy (non-hydrogen) atoms. The van der Waals surface area contributed by atoms with Crippen molar-refractivity contribution in [2.45, 2.75) is 57.4 Å². The Kier molecular flexibility index (Phi) is 8.18. The molecule has 0 saturated carbocycles. The Balaban J connectivity index is 1.50. The number of nitrogens with zero attached hydrogens (tertiary/aromatic N) is 5. The van der Waals surface area contributed by atoms with Gasteiger partial charge in [0.25, 0.3) is 0 Å². The zero-order valence-electron chi connectivity index (χ0n) is 19.6. The van der Waals surface area contributed by atoms with Crippen LogP contribution < -0.4 is 0 Å². The van der Waals surface area contributed by atoms with E-state index in [1.807, 2.05) is 41.3 Å². The molecular formula is C26H33N5OS. The molecule has 2 aromatic carbocycles. The van der Waals surface area contributed by atoms with Gasteiger partial charge in [-0.2, -0.15) is 0 Å². The predicted octanol–water partition coefficient (Wildman–Crippen LogP) is 4.78. The molecule has 1 aliphatic heterocycles. The normalized spacial score (nSPS) is 14.5. The van der Waals surface area contributed by atoms with Gasteiger partial charge in [0.1, 0.15) is 0 Å². The zero-order chi connectivity index (χ0) is 23.0. The summed E-state index contributed by atoms with van der Waals surface area (Å²) < 4.78 is 2.11. The van der Waals surface area contributed by atoms with Crippen molar-refractivity contribution >= 4 is 17.7 Å². The Morgan fingerprint density at radius 3 is 2.30 bits per heavy atom. The molecule has 0 aliphatic carbocycles. The highest BCUT2D eigenvalue weighted by Gasteiger charge is 2.22. The standard InChI is InChI=1S/C26H33N5OS/c1-21(2)30(18-22-12-6-3-7-13-22)25(32)20-33-26-28-27-24(19-29-16-10-5-11-17-29)31(26)23-14-8-4-9-15-23/h3-4,6-9,12-15,21H,5,10-11,16-20H2,1-2H3. The molecule has 0 N–H and O–H groups in total. The molecule has 6 nitrogen and oxygen atoms in total. The van der Waals surface area contributed by atoms with Crippen molar-refractivity contribution in [3.63, 3.8) is 0 Å². The number of para-hydroxylation sites is 1. The molecule has 0 unspecified atom stereocenters. The Bertz CT molecular complexity index is 1020. The molecule has 4 rings (SSSR count). The second-order valence-corrected chi connectivity index (χ2v) is 9.74. The van der Waals surface area contributed by atoms with Crippen LogP contribution in [0.4, 0.5) is 0 Å². The minimum atomic E-state index is 0.110. The maximum atomic E-state index is 13.2. The SMILES string of the molecule is CC(C)N(Cc1ccccc1)C(=O)CSc1nnc(CN2CCCCC2)n1-c1ccccc1. The summed E-state index contributed by atoms with van der Waals surface area (Å²) in [5.41, 5.74) is 2.18. The van der Waals surface area contributed by atoms with E-state index in [9.17, 15) is 4.79 Å². The number of aromatic nitrogens is 3. The highest BCUT2D eigenvalue weighted by atomic mass is 32.2. The minimum Gasteiger partial charge on any atom is -0.335 e. The topological polar surface area (TPSA) is 54.3 Å². The fourth-order valence-corrected chi connectivity index (χ4v) is 5.06. The van der Waals surface area contributed by atoms with Crippen molar-refractivity contribution in [2.75, 3.05) is 18.8 Å². The van der Waals surface area contributed by atoms with Gasteiger partial charge in [0, 0.05) is 18.3 Å². The molecule has 174 valence electrons. The van der Waals surface area contributed by atoms with Crippen LogP contribution in [0, 0.1) is 0 Å². The lowest BCUT2D eigenvalue weighted by Crippen LogP contribution is -2.37. The van der Waals surface area contributed by atoms with E-state index < -0.39 is 0 Å². The third-order valence-corrected chi connectivity index (χ3v) is 6.91. The molecular weight excluding hydrogens is 430 g/mol. The van der Waals surface area contributed by atoms with Crippen molar-refractivity contribution in [3.05, 3.63) is 72.1 Å². The minimum absolute atomic E-state index is 0.110. The second-order valence-electron chi connectivity index (χ2n) is 8.80. The molecule has 1 fully saturated rings. The lowest BCUT2D eigenvalue weighted by Gasteiger charge is -2.27. The number of piperidine rings is 1. The first-order valence-electron chi connectivity index (χ1n) is 11.8. The molecule has 1 aliphatic rings. The average Bonchev–Trinajstić information content (AvgIpc) is 3.25. The van der Waals surface area contributed by atoms with Crippen molar-refractivity contribution in [3.8, 4) is 5.69 Å². The van der Waals surface area contributed by atoms with Crippen LogP contribution >= 0.6 is 11.8 Å². The molecule has 7 heteroatoms. The first-order chi connectivity index (χ1) is 16.1. The van der Waals surface area contributed by atoms with E-state index in [1.165, 1.54) is 31.0 Å². The van der Waals surface area contributed by atoms with Gasteiger partial charge >= 0.3 is 0 Å². The fourth-order valence-electron chi connectivity index (χ4n) is 4.20. The van der Waals surface area contributed by atoms with Crippen LogP contribution in [0.25, 0.3) is 5.69 Å². The monoisotopic (exact) mass is 463 g/mol. The van der Waals surface area contributed by atoms with Gasteiger partial charge in [-0.3, -0.25) is 14.3 Å². The first-order valence-corrected chi connectivity index (χ1v) is 12.8. The van der Waals surface area contributed by atoms with Crippen LogP contribution in [0.1, 0.15) is 44.5 Å². The van der Waals surface area contributed by atoms with E-state index in [1.54, 1.807) is 0 Å². The van der Waals surface area contributed by atoms with Crippen LogP contribution in [0.3, 0.4) is 0 Å². The lowest BCUT2D eigenvalue weighted by atomic mass is 10.1. The van der Waals surface area contributed by atoms with Gasteiger partial charge in [-0.25, -0.2) is 0 Å². The van der Waals surface area contributed by atoms with E-state index in [0.29, 0.717) is 12.3 Å². The summed E-state index contributed by atoms with van der Waals surface area (Å²) in [6.07, 6.45) is 3.78. The Morgan fingerprint density at radius 2 is 1.64 bits per heavy atom. The number of amides is 1. The van der Waals surface area contributed by atoms with Crippen molar-refractivity contribution in [2.24, 2.45) is 0 Å². The number of hydrogen-bond donors (Lipinski definition) is 0. The number of carbonyl (C=O) groups is 1. The quantitative estimate of drug-likeness (QED) is 0.428. The summed E-state index contributed by atoms with van der Waals surface area (Å²) in [5, 5.41) is 9.80. The van der Waals surface area contributed by atoms with Gasteiger partial charge < -0.3 is 4.90 Å².